The van der Waals surface area contributed by atoms with E-state index >= 15 is 0 Å². The standard InChI is InChI=1S/C21H36Si/c1-4-20(18-13-19-22(2)3)14-9-6-5-7-10-15-21-16-11-8-12-17-21/h4,8,11-12,16-17,20,22H,1,5-7,9-10,13-15,18-19H2,2-3H3. The molecule has 0 nitrogen and oxygen atoms in total. The summed E-state index contributed by atoms with van der Waals surface area (Å²) >= 11 is 0. The van der Waals surface area contributed by atoms with Crippen molar-refractivity contribution in [2.24, 2.45) is 5.92 Å². The van der Waals surface area contributed by atoms with Crippen molar-refractivity contribution in [3.8, 4) is 0 Å². The summed E-state index contributed by atoms with van der Waals surface area (Å²) in [5, 5.41) is 0. The molecular weight excluding hydrogens is 280 g/mol. The second-order valence-corrected chi connectivity index (χ2v) is 10.5. The predicted molar refractivity (Wildman–Crippen MR) is 104 cm³/mol. The van der Waals surface area contributed by atoms with Crippen molar-refractivity contribution in [2.75, 3.05) is 0 Å². The summed E-state index contributed by atoms with van der Waals surface area (Å²) < 4.78 is 0. The van der Waals surface area contributed by atoms with Gasteiger partial charge in [-0.25, -0.2) is 0 Å². The van der Waals surface area contributed by atoms with E-state index in [4.69, 9.17) is 0 Å². The van der Waals surface area contributed by atoms with Gasteiger partial charge in [0.25, 0.3) is 0 Å². The molecule has 1 rings (SSSR count). The van der Waals surface area contributed by atoms with Gasteiger partial charge < -0.3 is 0 Å². The smallest absolute Gasteiger partial charge is 0.0305 e. The monoisotopic (exact) mass is 316 g/mol. The lowest BCUT2D eigenvalue weighted by Crippen LogP contribution is -2.02. The number of unbranched alkanes of at least 4 members (excludes halogenated alkanes) is 4. The maximum atomic E-state index is 4.03. The number of benzene rings is 1. The fourth-order valence-electron chi connectivity index (χ4n) is 3.08. The van der Waals surface area contributed by atoms with E-state index in [9.17, 15) is 0 Å². The second-order valence-electron chi connectivity index (χ2n) is 7.11. The van der Waals surface area contributed by atoms with Crippen LogP contribution in [0.15, 0.2) is 43.0 Å². The topological polar surface area (TPSA) is 0 Å². The average Bonchev–Trinajstić information content (AvgIpc) is 2.53. The summed E-state index contributed by atoms with van der Waals surface area (Å²) in [5.41, 5.74) is 1.49. The first kappa shape index (κ1) is 19.2. The van der Waals surface area contributed by atoms with E-state index in [2.05, 4.69) is 56.1 Å². The van der Waals surface area contributed by atoms with Gasteiger partial charge in [0.05, 0.1) is 0 Å². The molecule has 0 radical (unpaired) electrons. The van der Waals surface area contributed by atoms with E-state index < -0.39 is 0 Å². The van der Waals surface area contributed by atoms with E-state index in [1.54, 1.807) is 0 Å². The van der Waals surface area contributed by atoms with Crippen LogP contribution in [-0.2, 0) is 6.42 Å². The summed E-state index contributed by atoms with van der Waals surface area (Å²) in [6.45, 7) is 8.95. The molecule has 0 fully saturated rings. The second kappa shape index (κ2) is 12.7. The molecule has 0 saturated heterocycles. The van der Waals surface area contributed by atoms with Gasteiger partial charge in [-0.1, -0.05) is 87.7 Å². The molecule has 0 bridgehead atoms. The Labute approximate surface area is 140 Å². The highest BCUT2D eigenvalue weighted by molar-refractivity contribution is 6.55. The summed E-state index contributed by atoms with van der Waals surface area (Å²) in [5.74, 6) is 0.775. The van der Waals surface area contributed by atoms with Crippen LogP contribution in [0.4, 0.5) is 0 Å². The van der Waals surface area contributed by atoms with Crippen molar-refractivity contribution in [1.29, 1.82) is 0 Å². The van der Waals surface area contributed by atoms with Crippen LogP contribution >= 0.6 is 0 Å². The fraction of sp³-hybridized carbons (Fsp3) is 0.619. The quantitative estimate of drug-likeness (QED) is 0.217. The zero-order valence-corrected chi connectivity index (χ0v) is 16.1. The summed E-state index contributed by atoms with van der Waals surface area (Å²) in [6.07, 6.45) is 14.5. The number of hydrogen-bond donors (Lipinski definition) is 0. The molecule has 0 spiro atoms. The van der Waals surface area contributed by atoms with Crippen LogP contribution in [0.5, 0.6) is 0 Å². The highest BCUT2D eigenvalue weighted by atomic mass is 28.3. The molecule has 1 aromatic carbocycles. The van der Waals surface area contributed by atoms with Crippen LogP contribution in [0.3, 0.4) is 0 Å². The highest BCUT2D eigenvalue weighted by Gasteiger charge is 2.05. The van der Waals surface area contributed by atoms with Crippen molar-refractivity contribution in [2.45, 2.75) is 76.9 Å². The van der Waals surface area contributed by atoms with Crippen LogP contribution in [-0.4, -0.2) is 8.80 Å². The molecule has 1 unspecified atom stereocenters. The minimum absolute atomic E-state index is 0.347. The Bertz CT molecular complexity index is 369. The number of rotatable bonds is 13. The largest absolute Gasteiger partial charge is 0.103 e. The predicted octanol–water partition coefficient (Wildman–Crippen LogP) is 6.64. The molecule has 0 aliphatic heterocycles. The lowest BCUT2D eigenvalue weighted by atomic mass is 9.96. The van der Waals surface area contributed by atoms with Crippen LogP contribution in [0.1, 0.15) is 56.9 Å². The molecule has 1 atom stereocenters. The molecule has 1 heteroatoms. The molecule has 0 amide bonds. The molecule has 0 aliphatic rings. The van der Waals surface area contributed by atoms with Crippen LogP contribution in [0, 0.1) is 5.92 Å². The summed E-state index contributed by atoms with van der Waals surface area (Å²) in [7, 11) is -0.347. The first-order valence-corrected chi connectivity index (χ1v) is 12.5. The number of hydrogen-bond acceptors (Lipinski definition) is 0. The normalized spacial score (nSPS) is 12.5. The lowest BCUT2D eigenvalue weighted by molar-refractivity contribution is 0.490. The fourth-order valence-corrected chi connectivity index (χ4v) is 4.13. The lowest BCUT2D eigenvalue weighted by Gasteiger charge is -2.12. The first-order chi connectivity index (χ1) is 10.7. The Kier molecular flexibility index (Phi) is 11.1. The van der Waals surface area contributed by atoms with E-state index in [1.165, 1.54) is 69.4 Å². The van der Waals surface area contributed by atoms with E-state index in [1.807, 2.05) is 0 Å². The molecule has 0 saturated carbocycles. The maximum absolute atomic E-state index is 4.03. The Morgan fingerprint density at radius 3 is 2.23 bits per heavy atom. The SMILES string of the molecule is C=CC(CCCCCCCc1ccccc1)CCC[SiH](C)C. The minimum Gasteiger partial charge on any atom is -0.103 e. The van der Waals surface area contributed by atoms with Crippen LogP contribution in [0.25, 0.3) is 0 Å². The number of allylic oxidation sites excluding steroid dienone is 1. The summed E-state index contributed by atoms with van der Waals surface area (Å²) in [6, 6.07) is 12.4. The molecule has 0 N–H and O–H groups in total. The average molecular weight is 317 g/mol. The molecule has 1 aromatic rings. The van der Waals surface area contributed by atoms with Gasteiger partial charge in [0.2, 0.25) is 0 Å². The molecule has 0 aromatic heterocycles. The zero-order valence-electron chi connectivity index (χ0n) is 14.9. The molecular formula is C21H36Si. The van der Waals surface area contributed by atoms with Crippen molar-refractivity contribution >= 4 is 8.80 Å². The highest BCUT2D eigenvalue weighted by Crippen LogP contribution is 2.19. The van der Waals surface area contributed by atoms with Gasteiger partial charge in [-0.15, -0.1) is 6.58 Å². The van der Waals surface area contributed by atoms with Gasteiger partial charge in [-0.05, 0) is 37.2 Å². The Morgan fingerprint density at radius 1 is 0.909 bits per heavy atom. The molecule has 22 heavy (non-hydrogen) atoms. The van der Waals surface area contributed by atoms with Gasteiger partial charge in [0.1, 0.15) is 0 Å². The third-order valence-electron chi connectivity index (χ3n) is 4.57. The maximum Gasteiger partial charge on any atom is 0.0305 e. The molecule has 0 aliphatic carbocycles. The van der Waals surface area contributed by atoms with Gasteiger partial charge in [0, 0.05) is 8.80 Å². The van der Waals surface area contributed by atoms with Crippen LogP contribution in [0.2, 0.25) is 19.1 Å². The van der Waals surface area contributed by atoms with E-state index in [0.717, 1.165) is 5.92 Å². The summed E-state index contributed by atoms with van der Waals surface area (Å²) in [4.78, 5) is 0. The Balaban J connectivity index is 1.96. The van der Waals surface area contributed by atoms with Crippen molar-refractivity contribution in [3.05, 3.63) is 48.6 Å². The Hall–Kier alpha value is -0.823. The zero-order chi connectivity index (χ0) is 16.0. The minimum atomic E-state index is -0.347. The van der Waals surface area contributed by atoms with Gasteiger partial charge in [0.15, 0.2) is 0 Å². The van der Waals surface area contributed by atoms with Gasteiger partial charge in [-0.3, -0.25) is 0 Å². The molecule has 124 valence electrons. The van der Waals surface area contributed by atoms with E-state index in [0.29, 0.717) is 0 Å². The van der Waals surface area contributed by atoms with Crippen molar-refractivity contribution in [1.82, 2.24) is 0 Å². The first-order valence-electron chi connectivity index (χ1n) is 9.39. The van der Waals surface area contributed by atoms with Gasteiger partial charge in [-0.2, -0.15) is 0 Å². The van der Waals surface area contributed by atoms with Crippen molar-refractivity contribution < 1.29 is 0 Å². The Morgan fingerprint density at radius 2 is 1.55 bits per heavy atom. The van der Waals surface area contributed by atoms with E-state index in [-0.39, 0.29) is 8.80 Å². The van der Waals surface area contributed by atoms with Gasteiger partial charge >= 0.3 is 0 Å². The third kappa shape index (κ3) is 10.00. The number of aryl methyl sites for hydroxylation is 1. The van der Waals surface area contributed by atoms with Crippen LogP contribution < -0.4 is 0 Å². The molecule has 0 heterocycles. The third-order valence-corrected chi connectivity index (χ3v) is 6.14. The van der Waals surface area contributed by atoms with Crippen molar-refractivity contribution in [3.63, 3.8) is 0 Å².